The largest absolute Gasteiger partial charge is 0.387 e. The van der Waals surface area contributed by atoms with Gasteiger partial charge in [-0.05, 0) is 34.9 Å². The average Bonchev–Trinajstić information content (AvgIpc) is 3.13. The summed E-state index contributed by atoms with van der Waals surface area (Å²) in [5, 5.41) is 16.7. The first-order valence-corrected chi connectivity index (χ1v) is 7.86. The van der Waals surface area contributed by atoms with Crippen LogP contribution in [0.3, 0.4) is 0 Å². The maximum Gasteiger partial charge on any atom is 0.325 e. The first kappa shape index (κ1) is 14.7. The van der Waals surface area contributed by atoms with Crippen molar-refractivity contribution in [2.75, 3.05) is 6.54 Å². The number of benzene rings is 1. The number of hydrogen-bond donors (Lipinski definition) is 2. The molecule has 0 radical (unpaired) electrons. The molecule has 3 rings (SSSR count). The second-order valence-electron chi connectivity index (χ2n) is 5.41. The standard InChI is InChI=1S/C16H16N2O3S/c1-16(12-7-8-22-10-12)14(20)18(15(21)17-16)9-13(19)11-5-3-2-4-6-11/h2-8,10,13,19H,9H2,1H3,(H,17,21)/t13-,16+/m0/s1. The highest BCUT2D eigenvalue weighted by atomic mass is 32.1. The van der Waals surface area contributed by atoms with E-state index in [1.807, 2.05) is 22.9 Å². The van der Waals surface area contributed by atoms with E-state index in [-0.39, 0.29) is 12.5 Å². The number of aliphatic hydroxyl groups is 1. The van der Waals surface area contributed by atoms with Crippen molar-refractivity contribution in [1.29, 1.82) is 0 Å². The van der Waals surface area contributed by atoms with Crippen molar-refractivity contribution in [1.82, 2.24) is 10.2 Å². The number of aliphatic hydroxyl groups excluding tert-OH is 1. The number of nitrogens with one attached hydrogen (secondary N) is 1. The van der Waals surface area contributed by atoms with Gasteiger partial charge in [-0.25, -0.2) is 4.79 Å². The summed E-state index contributed by atoms with van der Waals surface area (Å²) < 4.78 is 0. The maximum absolute atomic E-state index is 12.6. The minimum Gasteiger partial charge on any atom is -0.387 e. The van der Waals surface area contributed by atoms with Crippen LogP contribution < -0.4 is 5.32 Å². The zero-order valence-corrected chi connectivity index (χ0v) is 12.8. The second kappa shape index (κ2) is 5.55. The second-order valence-corrected chi connectivity index (χ2v) is 6.19. The summed E-state index contributed by atoms with van der Waals surface area (Å²) in [6.45, 7) is 1.62. The van der Waals surface area contributed by atoms with Crippen molar-refractivity contribution in [3.8, 4) is 0 Å². The summed E-state index contributed by atoms with van der Waals surface area (Å²) in [4.78, 5) is 25.9. The summed E-state index contributed by atoms with van der Waals surface area (Å²) in [6.07, 6.45) is -0.902. The van der Waals surface area contributed by atoms with Crippen molar-refractivity contribution in [2.45, 2.75) is 18.6 Å². The van der Waals surface area contributed by atoms with Crippen molar-refractivity contribution in [2.24, 2.45) is 0 Å². The monoisotopic (exact) mass is 316 g/mol. The van der Waals surface area contributed by atoms with E-state index in [9.17, 15) is 14.7 Å². The van der Waals surface area contributed by atoms with E-state index in [0.29, 0.717) is 5.56 Å². The van der Waals surface area contributed by atoms with E-state index in [0.717, 1.165) is 10.5 Å². The highest BCUT2D eigenvalue weighted by Gasteiger charge is 2.49. The van der Waals surface area contributed by atoms with Gasteiger partial charge in [0.25, 0.3) is 5.91 Å². The van der Waals surface area contributed by atoms with Crippen LogP contribution in [-0.4, -0.2) is 28.5 Å². The molecule has 2 atom stereocenters. The van der Waals surface area contributed by atoms with Gasteiger partial charge in [0.1, 0.15) is 5.54 Å². The molecule has 0 unspecified atom stereocenters. The van der Waals surface area contributed by atoms with Gasteiger partial charge in [0.05, 0.1) is 12.6 Å². The van der Waals surface area contributed by atoms with Crippen LogP contribution in [0.25, 0.3) is 0 Å². The lowest BCUT2D eigenvalue weighted by Gasteiger charge is -2.22. The summed E-state index contributed by atoms with van der Waals surface area (Å²) in [7, 11) is 0. The van der Waals surface area contributed by atoms with Crippen molar-refractivity contribution < 1.29 is 14.7 Å². The molecular weight excluding hydrogens is 300 g/mol. The van der Waals surface area contributed by atoms with E-state index in [2.05, 4.69) is 5.32 Å². The van der Waals surface area contributed by atoms with E-state index >= 15 is 0 Å². The molecule has 1 aromatic carbocycles. The summed E-state index contributed by atoms with van der Waals surface area (Å²) >= 11 is 1.47. The first-order valence-electron chi connectivity index (χ1n) is 6.92. The molecule has 1 aliphatic heterocycles. The lowest BCUT2D eigenvalue weighted by molar-refractivity contribution is -0.132. The third kappa shape index (κ3) is 2.40. The molecule has 3 amide bonds. The Morgan fingerprint density at radius 3 is 2.64 bits per heavy atom. The Balaban J connectivity index is 1.81. The summed E-state index contributed by atoms with van der Waals surface area (Å²) in [5.41, 5.74) is 0.368. The van der Waals surface area contributed by atoms with Gasteiger partial charge < -0.3 is 10.4 Å². The first-order chi connectivity index (χ1) is 10.5. The third-order valence-corrected chi connectivity index (χ3v) is 4.60. The topological polar surface area (TPSA) is 69.6 Å². The molecule has 1 aromatic heterocycles. The predicted octanol–water partition coefficient (Wildman–Crippen LogP) is 2.25. The molecule has 2 aromatic rings. The minimum absolute atomic E-state index is 0.0611. The predicted molar refractivity (Wildman–Crippen MR) is 83.3 cm³/mol. The van der Waals surface area contributed by atoms with Crippen LogP contribution in [0.15, 0.2) is 47.2 Å². The van der Waals surface area contributed by atoms with Crippen LogP contribution in [0, 0.1) is 0 Å². The normalized spacial score (nSPS) is 22.7. The van der Waals surface area contributed by atoms with Crippen LogP contribution in [0.2, 0.25) is 0 Å². The van der Waals surface area contributed by atoms with Crippen LogP contribution in [0.5, 0.6) is 0 Å². The maximum atomic E-state index is 12.6. The molecule has 0 spiro atoms. The fraction of sp³-hybridized carbons (Fsp3) is 0.250. The molecule has 1 fully saturated rings. The lowest BCUT2D eigenvalue weighted by atomic mass is 9.95. The number of rotatable bonds is 4. The third-order valence-electron chi connectivity index (χ3n) is 3.91. The van der Waals surface area contributed by atoms with Gasteiger partial charge in [-0.2, -0.15) is 11.3 Å². The molecule has 1 aliphatic rings. The number of β-amino-alcohol motifs (C(OH)–C–C–N with tert-alkyl or cyclic N) is 1. The fourth-order valence-electron chi connectivity index (χ4n) is 2.56. The summed E-state index contributed by atoms with van der Waals surface area (Å²) in [6, 6.07) is 10.3. The number of urea groups is 1. The Morgan fingerprint density at radius 1 is 1.27 bits per heavy atom. The number of carbonyl (C=O) groups excluding carboxylic acids is 2. The SMILES string of the molecule is C[C@]1(c2ccsc2)NC(=O)N(C[C@H](O)c2ccccc2)C1=O. The molecule has 0 bridgehead atoms. The van der Waals surface area contributed by atoms with Crippen molar-refractivity contribution in [3.63, 3.8) is 0 Å². The number of carbonyl (C=O) groups is 2. The van der Waals surface area contributed by atoms with Gasteiger partial charge in [-0.1, -0.05) is 30.3 Å². The van der Waals surface area contributed by atoms with Gasteiger partial charge in [-0.3, -0.25) is 9.69 Å². The van der Waals surface area contributed by atoms with Crippen molar-refractivity contribution >= 4 is 23.3 Å². The zero-order chi connectivity index (χ0) is 15.7. The molecule has 2 N–H and O–H groups in total. The Morgan fingerprint density at radius 2 is 2.00 bits per heavy atom. The Hall–Kier alpha value is -2.18. The van der Waals surface area contributed by atoms with E-state index < -0.39 is 17.7 Å². The molecule has 0 aliphatic carbocycles. The fourth-order valence-corrected chi connectivity index (χ4v) is 3.33. The molecule has 5 nitrogen and oxygen atoms in total. The molecule has 114 valence electrons. The van der Waals surface area contributed by atoms with Gasteiger partial charge in [0.2, 0.25) is 0 Å². The molecular formula is C16H16N2O3S. The van der Waals surface area contributed by atoms with Crippen molar-refractivity contribution in [3.05, 3.63) is 58.3 Å². The Kier molecular flexibility index (Phi) is 3.72. The van der Waals surface area contributed by atoms with E-state index in [4.69, 9.17) is 0 Å². The number of imide groups is 1. The quantitative estimate of drug-likeness (QED) is 0.850. The van der Waals surface area contributed by atoms with Gasteiger partial charge in [-0.15, -0.1) is 0 Å². The highest BCUT2D eigenvalue weighted by Crippen LogP contribution is 2.31. The Labute approximate surface area is 132 Å². The Bertz CT molecular complexity index is 687. The lowest BCUT2D eigenvalue weighted by Crippen LogP contribution is -2.41. The summed E-state index contributed by atoms with van der Waals surface area (Å²) in [5.74, 6) is -0.342. The van der Waals surface area contributed by atoms with Gasteiger partial charge in [0.15, 0.2) is 0 Å². The number of amides is 3. The average molecular weight is 316 g/mol. The van der Waals surface area contributed by atoms with Crippen LogP contribution >= 0.6 is 11.3 Å². The smallest absolute Gasteiger partial charge is 0.325 e. The van der Waals surface area contributed by atoms with Gasteiger partial charge >= 0.3 is 6.03 Å². The minimum atomic E-state index is -1.06. The van der Waals surface area contributed by atoms with Gasteiger partial charge in [0, 0.05) is 0 Å². The molecule has 2 heterocycles. The zero-order valence-electron chi connectivity index (χ0n) is 12.0. The van der Waals surface area contributed by atoms with Crippen LogP contribution in [0.1, 0.15) is 24.2 Å². The van der Waals surface area contributed by atoms with E-state index in [1.165, 1.54) is 11.3 Å². The molecule has 22 heavy (non-hydrogen) atoms. The van der Waals surface area contributed by atoms with Crippen LogP contribution in [-0.2, 0) is 10.3 Å². The number of hydrogen-bond acceptors (Lipinski definition) is 4. The molecule has 0 saturated carbocycles. The van der Waals surface area contributed by atoms with E-state index in [1.54, 1.807) is 31.2 Å². The van der Waals surface area contributed by atoms with Crippen LogP contribution in [0.4, 0.5) is 4.79 Å². The molecule has 1 saturated heterocycles. The highest BCUT2D eigenvalue weighted by molar-refractivity contribution is 7.08. The molecule has 6 heteroatoms. The number of nitrogens with zero attached hydrogens (tertiary/aromatic N) is 1. The number of thiophene rings is 1.